The molecule has 0 aliphatic carbocycles. The summed E-state index contributed by atoms with van der Waals surface area (Å²) in [5.74, 6) is 0.970. The van der Waals surface area contributed by atoms with E-state index in [-0.39, 0.29) is 11.6 Å². The maximum atomic E-state index is 10.8. The van der Waals surface area contributed by atoms with Gasteiger partial charge in [-0.15, -0.1) is 0 Å². The van der Waals surface area contributed by atoms with Crippen LogP contribution in [0.2, 0.25) is 0 Å². The van der Waals surface area contributed by atoms with Crippen LogP contribution >= 0.6 is 0 Å². The number of nitro groups is 1. The summed E-state index contributed by atoms with van der Waals surface area (Å²) in [6.45, 7) is 0. The van der Waals surface area contributed by atoms with Gasteiger partial charge in [0.1, 0.15) is 5.82 Å². The monoisotopic (exact) mass is 249 g/mol. The van der Waals surface area contributed by atoms with Crippen LogP contribution in [0.3, 0.4) is 0 Å². The molecule has 0 radical (unpaired) electrons. The Morgan fingerprint density at radius 1 is 1.50 bits per heavy atom. The minimum absolute atomic E-state index is 0.0896. The van der Waals surface area contributed by atoms with Crippen LogP contribution in [-0.2, 0) is 7.05 Å². The quantitative estimate of drug-likeness (QED) is 0.652. The molecule has 2 heterocycles. The van der Waals surface area contributed by atoms with Gasteiger partial charge in [0.25, 0.3) is 5.69 Å². The lowest BCUT2D eigenvalue weighted by molar-refractivity contribution is -0.384. The molecule has 0 bridgehead atoms. The highest BCUT2D eigenvalue weighted by molar-refractivity contribution is 5.48. The molecule has 0 aliphatic heterocycles. The average Bonchev–Trinajstić information content (AvgIpc) is 2.74. The first-order valence-corrected chi connectivity index (χ1v) is 5.09. The maximum Gasteiger partial charge on any atom is 0.278 e. The van der Waals surface area contributed by atoms with Crippen molar-refractivity contribution >= 4 is 11.5 Å². The lowest BCUT2D eigenvalue weighted by Gasteiger charge is -2.04. The SMILES string of the molecule is CNc1cc([N+](=O)[O-])cc(Oc2cnn(C)c2)n1. The molecule has 2 aromatic heterocycles. The third-order valence-corrected chi connectivity index (χ3v) is 2.16. The molecule has 2 aromatic rings. The molecule has 2 rings (SSSR count). The average molecular weight is 249 g/mol. The van der Waals surface area contributed by atoms with Gasteiger partial charge in [0.05, 0.1) is 29.4 Å². The Morgan fingerprint density at radius 3 is 2.83 bits per heavy atom. The van der Waals surface area contributed by atoms with Crippen LogP contribution in [0.25, 0.3) is 0 Å². The predicted molar refractivity (Wildman–Crippen MR) is 63.7 cm³/mol. The highest BCUT2D eigenvalue weighted by Gasteiger charge is 2.12. The second kappa shape index (κ2) is 4.70. The first-order chi connectivity index (χ1) is 8.58. The number of ether oxygens (including phenoxy) is 1. The number of nitrogens with zero attached hydrogens (tertiary/aromatic N) is 4. The summed E-state index contributed by atoms with van der Waals surface area (Å²) in [7, 11) is 3.37. The van der Waals surface area contributed by atoms with Gasteiger partial charge < -0.3 is 10.1 Å². The Kier molecular flexibility index (Phi) is 3.09. The van der Waals surface area contributed by atoms with E-state index in [0.717, 1.165) is 0 Å². The van der Waals surface area contributed by atoms with Gasteiger partial charge in [-0.05, 0) is 0 Å². The Morgan fingerprint density at radius 2 is 2.28 bits per heavy atom. The van der Waals surface area contributed by atoms with Gasteiger partial charge in [0.15, 0.2) is 5.75 Å². The fraction of sp³-hybridized carbons (Fsp3) is 0.200. The smallest absolute Gasteiger partial charge is 0.278 e. The van der Waals surface area contributed by atoms with Crippen molar-refractivity contribution in [3.63, 3.8) is 0 Å². The summed E-state index contributed by atoms with van der Waals surface area (Å²) in [4.78, 5) is 14.3. The summed E-state index contributed by atoms with van der Waals surface area (Å²) in [5, 5.41) is 17.4. The molecule has 0 spiro atoms. The first-order valence-electron chi connectivity index (χ1n) is 5.09. The van der Waals surface area contributed by atoms with Gasteiger partial charge in [0.2, 0.25) is 5.88 Å². The number of rotatable bonds is 4. The third kappa shape index (κ3) is 2.54. The largest absolute Gasteiger partial charge is 0.435 e. The molecule has 0 aliphatic rings. The molecule has 0 atom stereocenters. The lowest BCUT2D eigenvalue weighted by Crippen LogP contribution is -1.97. The van der Waals surface area contributed by atoms with E-state index in [2.05, 4.69) is 15.4 Å². The summed E-state index contributed by atoms with van der Waals surface area (Å²) in [5.41, 5.74) is -0.0896. The van der Waals surface area contributed by atoms with Gasteiger partial charge in [-0.1, -0.05) is 0 Å². The van der Waals surface area contributed by atoms with E-state index in [1.165, 1.54) is 18.3 Å². The molecule has 18 heavy (non-hydrogen) atoms. The topological polar surface area (TPSA) is 95.1 Å². The second-order valence-electron chi connectivity index (χ2n) is 3.51. The van der Waals surface area contributed by atoms with Gasteiger partial charge >= 0.3 is 0 Å². The Balaban J connectivity index is 2.32. The fourth-order valence-electron chi connectivity index (χ4n) is 1.35. The standard InChI is InChI=1S/C10H11N5O3/c1-11-9-3-7(15(16)17)4-10(13-9)18-8-5-12-14(2)6-8/h3-6H,1-2H3,(H,11,13). The van der Waals surface area contributed by atoms with Crippen molar-refractivity contribution in [1.29, 1.82) is 0 Å². The van der Waals surface area contributed by atoms with Crippen molar-refractivity contribution in [1.82, 2.24) is 14.8 Å². The van der Waals surface area contributed by atoms with Crippen LogP contribution in [0.4, 0.5) is 11.5 Å². The van der Waals surface area contributed by atoms with Crippen LogP contribution < -0.4 is 10.1 Å². The molecule has 0 aromatic carbocycles. The number of hydrogen-bond acceptors (Lipinski definition) is 6. The van der Waals surface area contributed by atoms with E-state index in [1.807, 2.05) is 0 Å². The van der Waals surface area contributed by atoms with Crippen LogP contribution in [0.1, 0.15) is 0 Å². The molecule has 8 nitrogen and oxygen atoms in total. The van der Waals surface area contributed by atoms with E-state index in [1.54, 1.807) is 25.0 Å². The number of anilines is 1. The molecule has 0 fully saturated rings. The van der Waals surface area contributed by atoms with Crippen LogP contribution in [-0.4, -0.2) is 26.7 Å². The van der Waals surface area contributed by atoms with E-state index in [4.69, 9.17) is 4.74 Å². The second-order valence-corrected chi connectivity index (χ2v) is 3.51. The zero-order chi connectivity index (χ0) is 13.1. The molecule has 0 amide bonds. The van der Waals surface area contributed by atoms with E-state index < -0.39 is 4.92 Å². The number of nitrogens with one attached hydrogen (secondary N) is 1. The minimum atomic E-state index is -0.501. The minimum Gasteiger partial charge on any atom is -0.435 e. The summed E-state index contributed by atoms with van der Waals surface area (Å²) in [6.07, 6.45) is 3.14. The molecular formula is C10H11N5O3. The highest BCUT2D eigenvalue weighted by atomic mass is 16.6. The van der Waals surface area contributed by atoms with E-state index in [9.17, 15) is 10.1 Å². The normalized spacial score (nSPS) is 10.1. The number of aryl methyl sites for hydroxylation is 1. The van der Waals surface area contributed by atoms with Crippen molar-refractivity contribution in [2.45, 2.75) is 0 Å². The van der Waals surface area contributed by atoms with Crippen molar-refractivity contribution in [2.75, 3.05) is 12.4 Å². The third-order valence-electron chi connectivity index (χ3n) is 2.16. The van der Waals surface area contributed by atoms with Gasteiger partial charge in [-0.25, -0.2) is 0 Å². The van der Waals surface area contributed by atoms with Gasteiger partial charge in [-0.2, -0.15) is 10.1 Å². The molecule has 1 N–H and O–H groups in total. The number of aromatic nitrogens is 3. The maximum absolute atomic E-state index is 10.8. The molecule has 0 unspecified atom stereocenters. The predicted octanol–water partition coefficient (Wildman–Crippen LogP) is 1.56. The zero-order valence-corrected chi connectivity index (χ0v) is 9.82. The van der Waals surface area contributed by atoms with Crippen LogP contribution in [0.15, 0.2) is 24.5 Å². The number of hydrogen-bond donors (Lipinski definition) is 1. The molecule has 8 heteroatoms. The number of pyridine rings is 1. The summed E-state index contributed by atoms with van der Waals surface area (Å²) < 4.78 is 6.95. The molecular weight excluding hydrogens is 238 g/mol. The van der Waals surface area contributed by atoms with Crippen molar-refractivity contribution in [3.05, 3.63) is 34.6 Å². The summed E-state index contributed by atoms with van der Waals surface area (Å²) >= 11 is 0. The Labute approximate surface area is 102 Å². The van der Waals surface area contributed by atoms with Crippen LogP contribution in [0.5, 0.6) is 11.6 Å². The highest BCUT2D eigenvalue weighted by Crippen LogP contribution is 2.25. The zero-order valence-electron chi connectivity index (χ0n) is 9.82. The molecule has 94 valence electrons. The van der Waals surface area contributed by atoms with Crippen molar-refractivity contribution in [2.24, 2.45) is 7.05 Å². The van der Waals surface area contributed by atoms with Gasteiger partial charge in [-0.3, -0.25) is 14.8 Å². The Bertz CT molecular complexity index is 581. The van der Waals surface area contributed by atoms with E-state index >= 15 is 0 Å². The molecule has 0 saturated carbocycles. The Hall–Kier alpha value is -2.64. The fourth-order valence-corrected chi connectivity index (χ4v) is 1.35. The van der Waals surface area contributed by atoms with Crippen LogP contribution in [0, 0.1) is 10.1 Å². The molecule has 0 saturated heterocycles. The first kappa shape index (κ1) is 11.8. The lowest BCUT2D eigenvalue weighted by atomic mass is 10.4. The van der Waals surface area contributed by atoms with Crippen molar-refractivity contribution < 1.29 is 9.66 Å². The summed E-state index contributed by atoms with van der Waals surface area (Å²) in [6, 6.07) is 2.59. The van der Waals surface area contributed by atoms with Crippen molar-refractivity contribution in [3.8, 4) is 11.6 Å². The van der Waals surface area contributed by atoms with E-state index in [0.29, 0.717) is 11.6 Å². The van der Waals surface area contributed by atoms with Gasteiger partial charge in [0, 0.05) is 14.1 Å².